The maximum Gasteiger partial charge on any atom is 0.228 e. The summed E-state index contributed by atoms with van der Waals surface area (Å²) in [5.74, 6) is 1.23. The minimum atomic E-state index is -0.696. The summed E-state index contributed by atoms with van der Waals surface area (Å²) in [6, 6.07) is 9.76. The summed E-state index contributed by atoms with van der Waals surface area (Å²) >= 11 is 0. The van der Waals surface area contributed by atoms with Gasteiger partial charge in [0.15, 0.2) is 0 Å². The van der Waals surface area contributed by atoms with Crippen molar-refractivity contribution in [3.8, 4) is 11.4 Å². The quantitative estimate of drug-likeness (QED) is 0.873. The molecule has 2 rings (SSSR count). The van der Waals surface area contributed by atoms with Crippen molar-refractivity contribution in [3.05, 3.63) is 36.2 Å². The van der Waals surface area contributed by atoms with Crippen LogP contribution in [0.15, 0.2) is 34.9 Å². The second-order valence-corrected chi connectivity index (χ2v) is 5.68. The molecule has 2 aromatic rings. The molecule has 0 saturated heterocycles. The largest absolute Gasteiger partial charge is 0.389 e. The van der Waals surface area contributed by atoms with Gasteiger partial charge in [0.2, 0.25) is 11.7 Å². The van der Waals surface area contributed by atoms with E-state index in [0.29, 0.717) is 24.7 Å². The van der Waals surface area contributed by atoms with Crippen molar-refractivity contribution in [1.82, 2.24) is 15.0 Å². The lowest BCUT2D eigenvalue weighted by Crippen LogP contribution is -2.37. The molecule has 1 aromatic carbocycles. The van der Waals surface area contributed by atoms with E-state index in [0.717, 1.165) is 12.1 Å². The number of hydrogen-bond donors (Lipinski definition) is 1. The highest BCUT2D eigenvalue weighted by Crippen LogP contribution is 2.15. The van der Waals surface area contributed by atoms with Crippen LogP contribution < -0.4 is 0 Å². The van der Waals surface area contributed by atoms with Crippen LogP contribution in [-0.4, -0.2) is 45.9 Å². The first kappa shape index (κ1) is 14.7. The van der Waals surface area contributed by atoms with Crippen LogP contribution in [-0.2, 0) is 6.42 Å². The van der Waals surface area contributed by atoms with Gasteiger partial charge in [-0.25, -0.2) is 0 Å². The van der Waals surface area contributed by atoms with E-state index in [1.165, 1.54) is 0 Å². The minimum Gasteiger partial charge on any atom is -0.389 e. The van der Waals surface area contributed by atoms with Gasteiger partial charge in [-0.2, -0.15) is 4.98 Å². The third-order valence-corrected chi connectivity index (χ3v) is 2.86. The molecule has 0 atom stereocenters. The molecule has 1 heterocycles. The molecule has 20 heavy (non-hydrogen) atoms. The first-order valence-corrected chi connectivity index (χ1v) is 6.73. The van der Waals surface area contributed by atoms with Crippen LogP contribution in [0.5, 0.6) is 0 Å². The van der Waals surface area contributed by atoms with Crippen LogP contribution in [0, 0.1) is 0 Å². The Labute approximate surface area is 119 Å². The molecular formula is C15H21N3O2. The van der Waals surface area contributed by atoms with Crippen LogP contribution in [0.2, 0.25) is 0 Å². The highest BCUT2D eigenvalue weighted by atomic mass is 16.5. The SMILES string of the molecule is CN(CCc1nc(-c2ccccc2)no1)CC(C)(C)O. The highest BCUT2D eigenvalue weighted by molar-refractivity contribution is 5.53. The molecule has 0 bridgehead atoms. The molecule has 0 amide bonds. The number of rotatable bonds is 6. The number of hydrogen-bond acceptors (Lipinski definition) is 5. The van der Waals surface area contributed by atoms with Crippen molar-refractivity contribution < 1.29 is 9.63 Å². The fraction of sp³-hybridized carbons (Fsp3) is 0.467. The van der Waals surface area contributed by atoms with Crippen molar-refractivity contribution in [2.24, 2.45) is 0 Å². The Bertz CT molecular complexity index is 532. The average molecular weight is 275 g/mol. The van der Waals surface area contributed by atoms with E-state index < -0.39 is 5.60 Å². The van der Waals surface area contributed by atoms with Crippen molar-refractivity contribution >= 4 is 0 Å². The van der Waals surface area contributed by atoms with Crippen LogP contribution in [0.1, 0.15) is 19.7 Å². The van der Waals surface area contributed by atoms with Gasteiger partial charge in [-0.05, 0) is 20.9 Å². The van der Waals surface area contributed by atoms with Crippen LogP contribution in [0.4, 0.5) is 0 Å². The summed E-state index contributed by atoms with van der Waals surface area (Å²) < 4.78 is 5.25. The monoisotopic (exact) mass is 275 g/mol. The molecule has 0 saturated carbocycles. The Kier molecular flexibility index (Phi) is 4.52. The Balaban J connectivity index is 1.91. The lowest BCUT2D eigenvalue weighted by Gasteiger charge is -2.24. The first-order chi connectivity index (χ1) is 9.44. The van der Waals surface area contributed by atoms with E-state index >= 15 is 0 Å². The zero-order chi connectivity index (χ0) is 14.6. The maximum atomic E-state index is 9.74. The molecule has 0 aliphatic heterocycles. The fourth-order valence-electron chi connectivity index (χ4n) is 2.09. The topological polar surface area (TPSA) is 62.4 Å². The van der Waals surface area contributed by atoms with Gasteiger partial charge in [-0.15, -0.1) is 0 Å². The van der Waals surface area contributed by atoms with Crippen LogP contribution in [0.25, 0.3) is 11.4 Å². The summed E-state index contributed by atoms with van der Waals surface area (Å²) in [5, 5.41) is 13.7. The van der Waals surface area contributed by atoms with Gasteiger partial charge < -0.3 is 14.5 Å². The summed E-state index contributed by atoms with van der Waals surface area (Å²) in [5.41, 5.74) is 0.256. The lowest BCUT2D eigenvalue weighted by atomic mass is 10.1. The van der Waals surface area contributed by atoms with E-state index in [4.69, 9.17) is 4.52 Å². The van der Waals surface area contributed by atoms with Gasteiger partial charge in [0.25, 0.3) is 0 Å². The maximum absolute atomic E-state index is 9.74. The molecule has 5 nitrogen and oxygen atoms in total. The van der Waals surface area contributed by atoms with E-state index in [2.05, 4.69) is 10.1 Å². The standard InChI is InChI=1S/C15H21N3O2/c1-15(2,19)11-18(3)10-9-13-16-14(17-20-13)12-7-5-4-6-8-12/h4-8,19H,9-11H2,1-3H3. The molecule has 108 valence electrons. The Morgan fingerprint density at radius 3 is 2.60 bits per heavy atom. The predicted molar refractivity (Wildman–Crippen MR) is 77.2 cm³/mol. The Morgan fingerprint density at radius 2 is 1.95 bits per heavy atom. The van der Waals surface area contributed by atoms with Gasteiger partial charge >= 0.3 is 0 Å². The highest BCUT2D eigenvalue weighted by Gasteiger charge is 2.16. The summed E-state index contributed by atoms with van der Waals surface area (Å²) in [4.78, 5) is 6.43. The van der Waals surface area contributed by atoms with Crippen LogP contribution >= 0.6 is 0 Å². The molecule has 0 radical (unpaired) electrons. The van der Waals surface area contributed by atoms with E-state index in [1.54, 1.807) is 13.8 Å². The van der Waals surface area contributed by atoms with Crippen molar-refractivity contribution in [2.75, 3.05) is 20.1 Å². The minimum absolute atomic E-state index is 0.604. The van der Waals surface area contributed by atoms with Crippen molar-refractivity contribution in [3.63, 3.8) is 0 Å². The van der Waals surface area contributed by atoms with Crippen molar-refractivity contribution in [1.29, 1.82) is 0 Å². The Hall–Kier alpha value is -1.72. The smallest absolute Gasteiger partial charge is 0.228 e. The van der Waals surface area contributed by atoms with Crippen molar-refractivity contribution in [2.45, 2.75) is 25.9 Å². The van der Waals surface area contributed by atoms with E-state index in [1.807, 2.05) is 42.3 Å². The zero-order valence-electron chi connectivity index (χ0n) is 12.2. The normalized spacial score (nSPS) is 12.1. The molecule has 0 aliphatic rings. The van der Waals surface area contributed by atoms with E-state index in [9.17, 15) is 5.11 Å². The molecule has 0 unspecified atom stereocenters. The predicted octanol–water partition coefficient (Wildman–Crippen LogP) is 1.98. The second kappa shape index (κ2) is 6.15. The number of aromatic nitrogens is 2. The molecule has 0 fully saturated rings. The fourth-order valence-corrected chi connectivity index (χ4v) is 2.09. The van der Waals surface area contributed by atoms with Crippen LogP contribution in [0.3, 0.4) is 0 Å². The number of likely N-dealkylation sites (N-methyl/N-ethyl adjacent to an activating group) is 1. The van der Waals surface area contributed by atoms with Gasteiger partial charge in [-0.3, -0.25) is 0 Å². The average Bonchev–Trinajstić information content (AvgIpc) is 2.84. The third-order valence-electron chi connectivity index (χ3n) is 2.86. The summed E-state index contributed by atoms with van der Waals surface area (Å²) in [6.07, 6.45) is 0.673. The summed E-state index contributed by atoms with van der Waals surface area (Å²) in [7, 11) is 1.96. The number of nitrogens with zero attached hydrogens (tertiary/aromatic N) is 3. The van der Waals surface area contributed by atoms with Gasteiger partial charge in [0.1, 0.15) is 0 Å². The molecule has 5 heteroatoms. The lowest BCUT2D eigenvalue weighted by molar-refractivity contribution is 0.0444. The molecular weight excluding hydrogens is 254 g/mol. The third kappa shape index (κ3) is 4.43. The number of aliphatic hydroxyl groups is 1. The Morgan fingerprint density at radius 1 is 1.25 bits per heavy atom. The van der Waals surface area contributed by atoms with E-state index in [-0.39, 0.29) is 0 Å². The number of benzene rings is 1. The van der Waals surface area contributed by atoms with Gasteiger partial charge in [-0.1, -0.05) is 35.5 Å². The molecule has 1 aromatic heterocycles. The molecule has 0 aliphatic carbocycles. The summed E-state index contributed by atoms with van der Waals surface area (Å²) in [6.45, 7) is 4.96. The van der Waals surface area contributed by atoms with Gasteiger partial charge in [0.05, 0.1) is 5.60 Å². The second-order valence-electron chi connectivity index (χ2n) is 5.68. The molecule has 0 spiro atoms. The zero-order valence-corrected chi connectivity index (χ0v) is 12.2. The molecule has 1 N–H and O–H groups in total. The first-order valence-electron chi connectivity index (χ1n) is 6.73. The van der Waals surface area contributed by atoms with Gasteiger partial charge in [0, 0.05) is 25.1 Å².